The first-order valence-corrected chi connectivity index (χ1v) is 12.6. The summed E-state index contributed by atoms with van der Waals surface area (Å²) in [7, 11) is 0. The molecule has 0 spiro atoms. The van der Waals surface area contributed by atoms with Crippen LogP contribution in [0.25, 0.3) is 0 Å². The number of aryl methyl sites for hydroxylation is 1. The SMILES string of the molecule is CCCCNC(=O)C(c1cccc(C)c1)N(C(=O)C(CC(C)C)NC(=O)OC(C)(C)C)C1CC1. The zero-order valence-corrected chi connectivity index (χ0v) is 21.9. The van der Waals surface area contributed by atoms with Gasteiger partial charge in [0, 0.05) is 12.6 Å². The van der Waals surface area contributed by atoms with Crippen LogP contribution in [-0.2, 0) is 14.3 Å². The molecule has 0 saturated heterocycles. The molecule has 1 aliphatic rings. The van der Waals surface area contributed by atoms with Gasteiger partial charge in [-0.15, -0.1) is 0 Å². The van der Waals surface area contributed by atoms with Gasteiger partial charge in [-0.2, -0.15) is 0 Å². The van der Waals surface area contributed by atoms with Crippen molar-refractivity contribution in [3.05, 3.63) is 35.4 Å². The summed E-state index contributed by atoms with van der Waals surface area (Å²) in [6.07, 6.45) is 3.37. The molecule has 0 radical (unpaired) electrons. The molecule has 0 aromatic heterocycles. The maximum atomic E-state index is 14.0. The van der Waals surface area contributed by atoms with Crippen molar-refractivity contribution in [3.8, 4) is 0 Å². The molecule has 3 amide bonds. The maximum Gasteiger partial charge on any atom is 0.408 e. The quantitative estimate of drug-likeness (QED) is 0.448. The summed E-state index contributed by atoms with van der Waals surface area (Å²) < 4.78 is 5.43. The van der Waals surface area contributed by atoms with E-state index in [4.69, 9.17) is 4.74 Å². The standard InChI is InChI=1S/C27H43N3O4/c1-8-9-15-28-24(31)23(20-12-10-11-19(4)17-20)30(21-13-14-21)25(32)22(16-18(2)3)29-26(33)34-27(5,6)7/h10-12,17-18,21-23H,8-9,13-16H2,1-7H3,(H,28,31)(H,29,33). The summed E-state index contributed by atoms with van der Waals surface area (Å²) in [5, 5.41) is 5.82. The lowest BCUT2D eigenvalue weighted by Crippen LogP contribution is -2.54. The number of hydrogen-bond donors (Lipinski definition) is 2. The summed E-state index contributed by atoms with van der Waals surface area (Å²) in [4.78, 5) is 41.7. The second kappa shape index (κ2) is 12.2. The number of rotatable bonds is 11. The lowest BCUT2D eigenvalue weighted by molar-refractivity contribution is -0.143. The van der Waals surface area contributed by atoms with Crippen molar-refractivity contribution >= 4 is 17.9 Å². The molecule has 2 N–H and O–H groups in total. The monoisotopic (exact) mass is 473 g/mol. The molecule has 190 valence electrons. The van der Waals surface area contributed by atoms with Crippen LogP contribution in [0.4, 0.5) is 4.79 Å². The lowest BCUT2D eigenvalue weighted by Gasteiger charge is -2.35. The van der Waals surface area contributed by atoms with Crippen LogP contribution in [0.2, 0.25) is 0 Å². The number of nitrogens with zero attached hydrogens (tertiary/aromatic N) is 1. The third-order valence-corrected chi connectivity index (χ3v) is 5.60. The van der Waals surface area contributed by atoms with Crippen LogP contribution in [0.5, 0.6) is 0 Å². The highest BCUT2D eigenvalue weighted by molar-refractivity contribution is 5.92. The molecule has 1 fully saturated rings. The van der Waals surface area contributed by atoms with Crippen molar-refractivity contribution in [2.75, 3.05) is 6.54 Å². The van der Waals surface area contributed by atoms with Crippen molar-refractivity contribution in [1.82, 2.24) is 15.5 Å². The minimum Gasteiger partial charge on any atom is -0.444 e. The topological polar surface area (TPSA) is 87.7 Å². The fourth-order valence-electron chi connectivity index (χ4n) is 3.96. The Morgan fingerprint density at radius 1 is 1.18 bits per heavy atom. The Kier molecular flexibility index (Phi) is 9.95. The van der Waals surface area contributed by atoms with Gasteiger partial charge in [0.2, 0.25) is 11.8 Å². The predicted molar refractivity (Wildman–Crippen MR) is 134 cm³/mol. The highest BCUT2D eigenvalue weighted by atomic mass is 16.6. The van der Waals surface area contributed by atoms with E-state index in [1.807, 2.05) is 45.0 Å². The molecule has 1 aromatic carbocycles. The number of alkyl carbamates (subject to hydrolysis) is 1. The number of carbonyl (C=O) groups excluding carboxylic acids is 3. The average molecular weight is 474 g/mol. The van der Waals surface area contributed by atoms with Gasteiger partial charge in [0.15, 0.2) is 0 Å². The van der Waals surface area contributed by atoms with Gasteiger partial charge >= 0.3 is 6.09 Å². The van der Waals surface area contributed by atoms with Gasteiger partial charge < -0.3 is 20.3 Å². The minimum absolute atomic E-state index is 0.0231. The van der Waals surface area contributed by atoms with E-state index in [2.05, 4.69) is 17.6 Å². The Bertz CT molecular complexity index is 843. The van der Waals surface area contributed by atoms with Crippen molar-refractivity contribution in [2.24, 2.45) is 5.92 Å². The van der Waals surface area contributed by atoms with Gasteiger partial charge in [0.1, 0.15) is 17.7 Å². The normalized spacial score (nSPS) is 15.4. The second-order valence-corrected chi connectivity index (χ2v) is 10.8. The van der Waals surface area contributed by atoms with Crippen molar-refractivity contribution in [2.45, 2.75) is 104 Å². The summed E-state index contributed by atoms with van der Waals surface area (Å²) in [5.41, 5.74) is 1.14. The maximum absolute atomic E-state index is 14.0. The van der Waals surface area contributed by atoms with Crippen LogP contribution in [-0.4, -0.2) is 47.0 Å². The Morgan fingerprint density at radius 3 is 2.38 bits per heavy atom. The van der Waals surface area contributed by atoms with E-state index in [-0.39, 0.29) is 23.8 Å². The van der Waals surface area contributed by atoms with E-state index in [9.17, 15) is 14.4 Å². The largest absolute Gasteiger partial charge is 0.444 e. The molecular formula is C27H43N3O4. The van der Waals surface area contributed by atoms with Gasteiger partial charge in [0.05, 0.1) is 0 Å². The molecular weight excluding hydrogens is 430 g/mol. The Balaban J connectivity index is 2.39. The van der Waals surface area contributed by atoms with Crippen LogP contribution in [0.3, 0.4) is 0 Å². The number of nitrogens with one attached hydrogen (secondary N) is 2. The fourth-order valence-corrected chi connectivity index (χ4v) is 3.96. The molecule has 34 heavy (non-hydrogen) atoms. The predicted octanol–water partition coefficient (Wildman–Crippen LogP) is 4.88. The first kappa shape index (κ1) is 27.7. The summed E-state index contributed by atoms with van der Waals surface area (Å²) in [6.45, 7) is 14.0. The third kappa shape index (κ3) is 8.65. The van der Waals surface area contributed by atoms with E-state index >= 15 is 0 Å². The molecule has 7 heteroatoms. The van der Waals surface area contributed by atoms with E-state index in [1.165, 1.54) is 0 Å². The number of carbonyl (C=O) groups is 3. The average Bonchev–Trinajstić information content (AvgIpc) is 3.54. The summed E-state index contributed by atoms with van der Waals surface area (Å²) in [5.74, 6) is -0.250. The van der Waals surface area contributed by atoms with Crippen LogP contribution in [0.15, 0.2) is 24.3 Å². The zero-order valence-electron chi connectivity index (χ0n) is 21.9. The van der Waals surface area contributed by atoms with Gasteiger partial charge in [-0.05, 0) is 64.9 Å². The van der Waals surface area contributed by atoms with Gasteiger partial charge in [-0.25, -0.2) is 4.79 Å². The Labute approximate surface area is 205 Å². The van der Waals surface area contributed by atoms with E-state index in [0.29, 0.717) is 13.0 Å². The first-order valence-electron chi connectivity index (χ1n) is 12.6. The Hall–Kier alpha value is -2.57. The lowest BCUT2D eigenvalue weighted by atomic mass is 9.98. The molecule has 7 nitrogen and oxygen atoms in total. The second-order valence-electron chi connectivity index (χ2n) is 10.8. The molecule has 0 bridgehead atoms. The number of hydrogen-bond acceptors (Lipinski definition) is 4. The fraction of sp³-hybridized carbons (Fsp3) is 0.667. The van der Waals surface area contributed by atoms with Gasteiger partial charge in [-0.1, -0.05) is 57.0 Å². The highest BCUT2D eigenvalue weighted by Gasteiger charge is 2.44. The van der Waals surface area contributed by atoms with Crippen LogP contribution in [0.1, 0.15) is 90.8 Å². The van der Waals surface area contributed by atoms with E-state index in [0.717, 1.165) is 36.8 Å². The summed E-state index contributed by atoms with van der Waals surface area (Å²) in [6, 6.07) is 6.22. The first-order chi connectivity index (χ1) is 15.9. The highest BCUT2D eigenvalue weighted by Crippen LogP contribution is 2.36. The number of amides is 3. The smallest absolute Gasteiger partial charge is 0.408 e. The van der Waals surface area contributed by atoms with Gasteiger partial charge in [-0.3, -0.25) is 9.59 Å². The number of unbranched alkanes of at least 4 members (excludes halogenated alkanes) is 1. The van der Waals surface area contributed by atoms with Crippen LogP contribution >= 0.6 is 0 Å². The van der Waals surface area contributed by atoms with Crippen molar-refractivity contribution in [1.29, 1.82) is 0 Å². The molecule has 1 aliphatic carbocycles. The molecule has 0 heterocycles. The van der Waals surface area contributed by atoms with Crippen molar-refractivity contribution < 1.29 is 19.1 Å². The molecule has 2 rings (SSSR count). The molecule has 2 unspecified atom stereocenters. The van der Waals surface area contributed by atoms with Crippen LogP contribution in [0, 0.1) is 12.8 Å². The van der Waals surface area contributed by atoms with Gasteiger partial charge in [0.25, 0.3) is 0 Å². The van der Waals surface area contributed by atoms with E-state index < -0.39 is 23.8 Å². The number of ether oxygens (including phenoxy) is 1. The zero-order chi connectivity index (χ0) is 25.5. The number of benzene rings is 1. The van der Waals surface area contributed by atoms with Crippen LogP contribution < -0.4 is 10.6 Å². The molecule has 0 aliphatic heterocycles. The third-order valence-electron chi connectivity index (χ3n) is 5.60. The molecule has 2 atom stereocenters. The molecule has 1 saturated carbocycles. The Morgan fingerprint density at radius 2 is 1.85 bits per heavy atom. The van der Waals surface area contributed by atoms with E-state index in [1.54, 1.807) is 25.7 Å². The minimum atomic E-state index is -0.772. The summed E-state index contributed by atoms with van der Waals surface area (Å²) >= 11 is 0. The van der Waals surface area contributed by atoms with Crippen molar-refractivity contribution in [3.63, 3.8) is 0 Å². The molecule has 1 aromatic rings.